The third-order valence-corrected chi connectivity index (χ3v) is 9.99. The summed E-state index contributed by atoms with van der Waals surface area (Å²) in [5.41, 5.74) is 9.93. The highest BCUT2D eigenvalue weighted by Crippen LogP contribution is 2.41. The molecule has 1 aromatic heterocycles. The molecule has 0 saturated carbocycles. The van der Waals surface area contributed by atoms with Gasteiger partial charge >= 0.3 is 0 Å². The Labute approximate surface area is 290 Å². The molecule has 0 aliphatic heterocycles. The average Bonchev–Trinajstić information content (AvgIpc) is 3.55. The molecule has 10 rings (SSSR count). The molecule has 0 amide bonds. The van der Waals surface area contributed by atoms with Crippen molar-refractivity contribution in [1.29, 1.82) is 0 Å². The Morgan fingerprint density at radius 2 is 0.980 bits per heavy atom. The highest BCUT2D eigenvalue weighted by molar-refractivity contribution is 6.14. The maximum absolute atomic E-state index is 6.22. The van der Waals surface area contributed by atoms with Crippen LogP contribution in [-0.4, -0.2) is 0 Å². The summed E-state index contributed by atoms with van der Waals surface area (Å²) in [6, 6.07) is 67.6. The first-order chi connectivity index (χ1) is 24.8. The Bertz CT molecular complexity index is 2870. The average molecular weight is 638 g/mol. The Morgan fingerprint density at radius 1 is 0.300 bits per heavy atom. The smallest absolute Gasteiger partial charge is 0.136 e. The monoisotopic (exact) mass is 637 g/mol. The van der Waals surface area contributed by atoms with Gasteiger partial charge in [0, 0.05) is 27.8 Å². The number of nitrogens with zero attached hydrogens (tertiary/aromatic N) is 1. The van der Waals surface area contributed by atoms with E-state index in [2.05, 4.69) is 181 Å². The largest absolute Gasteiger partial charge is 0.456 e. The second-order valence-electron chi connectivity index (χ2n) is 13.0. The van der Waals surface area contributed by atoms with Crippen molar-refractivity contribution in [3.63, 3.8) is 0 Å². The minimum Gasteiger partial charge on any atom is -0.456 e. The number of furan rings is 1. The molecule has 0 fully saturated rings. The van der Waals surface area contributed by atoms with E-state index in [1.54, 1.807) is 0 Å². The molecule has 0 aliphatic rings. The van der Waals surface area contributed by atoms with Crippen LogP contribution in [0, 0.1) is 0 Å². The van der Waals surface area contributed by atoms with Gasteiger partial charge in [0.25, 0.3) is 0 Å². The molecule has 234 valence electrons. The molecule has 0 atom stereocenters. The van der Waals surface area contributed by atoms with Crippen molar-refractivity contribution in [2.75, 3.05) is 4.90 Å². The topological polar surface area (TPSA) is 16.4 Å². The van der Waals surface area contributed by atoms with Gasteiger partial charge in [0.15, 0.2) is 0 Å². The Balaban J connectivity index is 1.14. The zero-order valence-electron chi connectivity index (χ0n) is 27.3. The lowest BCUT2D eigenvalue weighted by atomic mass is 9.93. The van der Waals surface area contributed by atoms with Gasteiger partial charge in [-0.05, 0) is 115 Å². The maximum Gasteiger partial charge on any atom is 0.136 e. The number of rotatable bonds is 5. The molecule has 9 aromatic carbocycles. The zero-order valence-corrected chi connectivity index (χ0v) is 27.3. The number of anilines is 3. The van der Waals surface area contributed by atoms with Crippen LogP contribution in [0.5, 0.6) is 0 Å². The van der Waals surface area contributed by atoms with E-state index in [1.165, 1.54) is 49.2 Å². The van der Waals surface area contributed by atoms with Gasteiger partial charge in [0.2, 0.25) is 0 Å². The molecule has 10 aromatic rings. The summed E-state index contributed by atoms with van der Waals surface area (Å²) < 4.78 is 6.22. The minimum atomic E-state index is 0.913. The summed E-state index contributed by atoms with van der Waals surface area (Å²) in [6.07, 6.45) is 0. The van der Waals surface area contributed by atoms with Gasteiger partial charge in [-0.25, -0.2) is 0 Å². The SMILES string of the molecule is c1ccc(-c2cccc(N(c3ccc(-c4cc5ccccc5c5ccccc45)cc3)c3ccc4cc5oc6ccccc6c5cc4c3)c2)cc1. The van der Waals surface area contributed by atoms with Crippen molar-refractivity contribution in [1.82, 2.24) is 0 Å². The van der Waals surface area contributed by atoms with Gasteiger partial charge in [0.05, 0.1) is 0 Å². The van der Waals surface area contributed by atoms with Gasteiger partial charge in [0.1, 0.15) is 11.2 Å². The van der Waals surface area contributed by atoms with Crippen LogP contribution in [0.15, 0.2) is 192 Å². The number of hydrogen-bond acceptors (Lipinski definition) is 2. The molecular weight excluding hydrogens is 607 g/mol. The molecule has 0 bridgehead atoms. The molecule has 0 saturated heterocycles. The summed E-state index contributed by atoms with van der Waals surface area (Å²) in [5, 5.41) is 9.67. The lowest BCUT2D eigenvalue weighted by molar-refractivity contribution is 0.669. The lowest BCUT2D eigenvalue weighted by Crippen LogP contribution is -2.10. The van der Waals surface area contributed by atoms with Crippen molar-refractivity contribution in [3.05, 3.63) is 188 Å². The summed E-state index contributed by atoms with van der Waals surface area (Å²) in [6.45, 7) is 0. The van der Waals surface area contributed by atoms with Crippen molar-refractivity contribution in [3.8, 4) is 22.3 Å². The Morgan fingerprint density at radius 3 is 1.84 bits per heavy atom. The van der Waals surface area contributed by atoms with Gasteiger partial charge in [-0.2, -0.15) is 0 Å². The zero-order chi connectivity index (χ0) is 33.0. The van der Waals surface area contributed by atoms with Gasteiger partial charge < -0.3 is 9.32 Å². The van der Waals surface area contributed by atoms with Crippen LogP contribution in [0.3, 0.4) is 0 Å². The Kier molecular flexibility index (Phi) is 6.53. The third kappa shape index (κ3) is 4.73. The van der Waals surface area contributed by atoms with E-state index in [0.29, 0.717) is 0 Å². The normalized spacial score (nSPS) is 11.6. The van der Waals surface area contributed by atoms with E-state index in [0.717, 1.165) is 44.4 Å². The predicted molar refractivity (Wildman–Crippen MR) is 212 cm³/mol. The summed E-state index contributed by atoms with van der Waals surface area (Å²) >= 11 is 0. The lowest BCUT2D eigenvalue weighted by Gasteiger charge is -2.26. The van der Waals surface area contributed by atoms with Crippen LogP contribution in [0.25, 0.3) is 76.5 Å². The van der Waals surface area contributed by atoms with Crippen LogP contribution in [-0.2, 0) is 0 Å². The molecule has 2 heteroatoms. The standard InChI is InChI=1S/C48H31NO/c1-2-11-32(12-3-1)34-14-10-15-39(27-34)49(40-26-23-35-31-48-46(30-37(35)28-40)44-19-8-9-20-47(44)50-48)38-24-21-33(22-25-38)45-29-36-13-4-5-16-41(36)42-17-6-7-18-43(42)45/h1-31H. The fraction of sp³-hybridized carbons (Fsp3) is 0. The third-order valence-electron chi connectivity index (χ3n) is 9.99. The molecule has 2 nitrogen and oxygen atoms in total. The highest BCUT2D eigenvalue weighted by Gasteiger charge is 2.17. The fourth-order valence-corrected chi connectivity index (χ4v) is 7.58. The first kappa shape index (κ1) is 28.4. The second kappa shape index (κ2) is 11.5. The Hall–Kier alpha value is -6.64. The fourth-order valence-electron chi connectivity index (χ4n) is 7.58. The van der Waals surface area contributed by atoms with Gasteiger partial charge in [-0.15, -0.1) is 0 Å². The minimum absolute atomic E-state index is 0.913. The number of hydrogen-bond donors (Lipinski definition) is 0. The van der Waals surface area contributed by atoms with Crippen LogP contribution >= 0.6 is 0 Å². The molecular formula is C48H31NO. The van der Waals surface area contributed by atoms with Crippen molar-refractivity contribution in [2.45, 2.75) is 0 Å². The summed E-state index contributed by atoms with van der Waals surface area (Å²) in [4.78, 5) is 2.37. The molecule has 1 heterocycles. The summed E-state index contributed by atoms with van der Waals surface area (Å²) in [7, 11) is 0. The van der Waals surface area contributed by atoms with E-state index < -0.39 is 0 Å². The van der Waals surface area contributed by atoms with E-state index in [-0.39, 0.29) is 0 Å². The van der Waals surface area contributed by atoms with Gasteiger partial charge in [-0.1, -0.05) is 127 Å². The van der Waals surface area contributed by atoms with Crippen LogP contribution < -0.4 is 4.90 Å². The summed E-state index contributed by atoms with van der Waals surface area (Å²) in [5.74, 6) is 0. The number of benzene rings is 9. The molecule has 0 radical (unpaired) electrons. The van der Waals surface area contributed by atoms with Crippen molar-refractivity contribution in [2.24, 2.45) is 0 Å². The van der Waals surface area contributed by atoms with E-state index in [1.807, 2.05) is 12.1 Å². The molecule has 0 aliphatic carbocycles. The van der Waals surface area contributed by atoms with Crippen LogP contribution in [0.2, 0.25) is 0 Å². The quantitative estimate of drug-likeness (QED) is 0.175. The van der Waals surface area contributed by atoms with Gasteiger partial charge in [-0.3, -0.25) is 0 Å². The van der Waals surface area contributed by atoms with Crippen LogP contribution in [0.1, 0.15) is 0 Å². The predicted octanol–water partition coefficient (Wildman–Crippen LogP) is 13.8. The number of para-hydroxylation sites is 1. The second-order valence-corrected chi connectivity index (χ2v) is 13.0. The van der Waals surface area contributed by atoms with E-state index in [4.69, 9.17) is 4.42 Å². The van der Waals surface area contributed by atoms with Crippen molar-refractivity contribution >= 4 is 71.3 Å². The van der Waals surface area contributed by atoms with Crippen molar-refractivity contribution < 1.29 is 4.42 Å². The molecule has 0 N–H and O–H groups in total. The molecule has 0 spiro atoms. The highest BCUT2D eigenvalue weighted by atomic mass is 16.3. The van der Waals surface area contributed by atoms with E-state index >= 15 is 0 Å². The number of fused-ring (bicyclic) bond motifs is 7. The van der Waals surface area contributed by atoms with E-state index in [9.17, 15) is 0 Å². The van der Waals surface area contributed by atoms with Crippen LogP contribution in [0.4, 0.5) is 17.1 Å². The molecule has 0 unspecified atom stereocenters. The first-order valence-electron chi connectivity index (χ1n) is 17.1. The maximum atomic E-state index is 6.22. The first-order valence-corrected chi connectivity index (χ1v) is 17.1. The molecule has 50 heavy (non-hydrogen) atoms.